The highest BCUT2D eigenvalue weighted by atomic mass is 33.1. The third-order valence-electron chi connectivity index (χ3n) is 4.14. The Balaban J connectivity index is 1.86. The fourth-order valence-electron chi connectivity index (χ4n) is 3.42. The Bertz CT molecular complexity index is 215. The standard InChI is InChI=1S/C11H18OS2/c1-8-7-11(5-6-12-8)9-3-2-4-10(11)14-13-9/h8-10H,2-7H2,1H3/t8-,9?,10?,11?/m1/s1. The van der Waals surface area contributed by atoms with Gasteiger partial charge in [0, 0.05) is 22.5 Å². The van der Waals surface area contributed by atoms with Crippen molar-refractivity contribution in [3.63, 3.8) is 0 Å². The van der Waals surface area contributed by atoms with Crippen LogP contribution >= 0.6 is 21.6 Å². The lowest BCUT2D eigenvalue weighted by atomic mass is 9.67. The molecule has 2 unspecified atom stereocenters. The number of rotatable bonds is 0. The molecule has 14 heavy (non-hydrogen) atoms. The third kappa shape index (κ3) is 1.35. The highest BCUT2D eigenvalue weighted by molar-refractivity contribution is 8.77. The maximum absolute atomic E-state index is 5.71. The summed E-state index contributed by atoms with van der Waals surface area (Å²) in [6, 6.07) is 0. The Morgan fingerprint density at radius 1 is 1.21 bits per heavy atom. The van der Waals surface area contributed by atoms with Gasteiger partial charge >= 0.3 is 0 Å². The van der Waals surface area contributed by atoms with Crippen LogP contribution in [0.15, 0.2) is 0 Å². The molecule has 3 aliphatic rings. The van der Waals surface area contributed by atoms with Crippen molar-refractivity contribution in [1.29, 1.82) is 0 Å². The van der Waals surface area contributed by atoms with Gasteiger partial charge in [-0.25, -0.2) is 0 Å². The van der Waals surface area contributed by atoms with Crippen LogP contribution in [0.3, 0.4) is 0 Å². The fraction of sp³-hybridized carbons (Fsp3) is 1.00. The van der Waals surface area contributed by atoms with Gasteiger partial charge in [0.15, 0.2) is 0 Å². The van der Waals surface area contributed by atoms with E-state index in [4.69, 9.17) is 4.74 Å². The zero-order valence-corrected chi connectivity index (χ0v) is 10.3. The van der Waals surface area contributed by atoms with Crippen molar-refractivity contribution in [1.82, 2.24) is 0 Å². The first kappa shape index (κ1) is 9.86. The first-order valence-corrected chi connectivity index (χ1v) is 8.03. The maximum Gasteiger partial charge on any atom is 0.0553 e. The summed E-state index contributed by atoms with van der Waals surface area (Å²) in [7, 11) is 4.36. The second-order valence-corrected chi connectivity index (χ2v) is 7.65. The zero-order chi connectivity index (χ0) is 9.60. The van der Waals surface area contributed by atoms with Gasteiger partial charge < -0.3 is 4.74 Å². The normalized spacial score (nSPS) is 52.5. The molecule has 2 saturated heterocycles. The first-order valence-electron chi connectivity index (χ1n) is 5.75. The second-order valence-electron chi connectivity index (χ2n) is 4.97. The highest BCUT2D eigenvalue weighted by Crippen LogP contribution is 2.64. The number of hydrogen-bond donors (Lipinski definition) is 0. The minimum absolute atomic E-state index is 0.506. The summed E-state index contributed by atoms with van der Waals surface area (Å²) in [6.07, 6.45) is 7.54. The summed E-state index contributed by atoms with van der Waals surface area (Å²) in [5.41, 5.74) is 0.658. The fourth-order valence-corrected chi connectivity index (χ4v) is 7.98. The van der Waals surface area contributed by atoms with Crippen LogP contribution in [-0.4, -0.2) is 23.2 Å². The number of hydrogen-bond acceptors (Lipinski definition) is 3. The highest BCUT2D eigenvalue weighted by Gasteiger charge is 2.54. The van der Waals surface area contributed by atoms with Crippen molar-refractivity contribution in [3.05, 3.63) is 0 Å². The Kier molecular flexibility index (Phi) is 2.53. The summed E-state index contributed by atoms with van der Waals surface area (Å²) in [6.45, 7) is 3.26. The monoisotopic (exact) mass is 230 g/mol. The average molecular weight is 230 g/mol. The Hall–Kier alpha value is 0.660. The largest absolute Gasteiger partial charge is 0.378 e. The van der Waals surface area contributed by atoms with Crippen LogP contribution in [0.1, 0.15) is 39.0 Å². The lowest BCUT2D eigenvalue weighted by molar-refractivity contribution is -0.0458. The van der Waals surface area contributed by atoms with Gasteiger partial charge in [0.1, 0.15) is 0 Å². The molecule has 3 fully saturated rings. The summed E-state index contributed by atoms with van der Waals surface area (Å²) < 4.78 is 5.71. The molecule has 2 aliphatic heterocycles. The predicted molar refractivity (Wildman–Crippen MR) is 63.7 cm³/mol. The molecule has 0 radical (unpaired) electrons. The summed E-state index contributed by atoms with van der Waals surface area (Å²) in [5, 5.41) is 1.88. The van der Waals surface area contributed by atoms with E-state index in [1.54, 1.807) is 0 Å². The first-order chi connectivity index (χ1) is 6.81. The Labute approximate surface area is 94.1 Å². The van der Waals surface area contributed by atoms with Crippen LogP contribution in [0.5, 0.6) is 0 Å². The predicted octanol–water partition coefficient (Wildman–Crippen LogP) is 3.49. The molecule has 1 nitrogen and oxygen atoms in total. The van der Waals surface area contributed by atoms with Crippen molar-refractivity contribution in [2.75, 3.05) is 6.61 Å². The molecule has 0 aromatic heterocycles. The smallest absolute Gasteiger partial charge is 0.0553 e. The molecule has 1 aliphatic carbocycles. The minimum Gasteiger partial charge on any atom is -0.378 e. The quantitative estimate of drug-likeness (QED) is 0.590. The molecule has 3 atom stereocenters. The van der Waals surface area contributed by atoms with Gasteiger partial charge in [-0.2, -0.15) is 0 Å². The molecule has 3 rings (SSSR count). The average Bonchev–Trinajstić information content (AvgIpc) is 2.41. The molecule has 0 amide bonds. The molecular formula is C11H18OS2. The Morgan fingerprint density at radius 2 is 1.93 bits per heavy atom. The summed E-state index contributed by atoms with van der Waals surface area (Å²) in [5.74, 6) is 0. The van der Waals surface area contributed by atoms with E-state index in [1.807, 2.05) is 0 Å². The molecule has 80 valence electrons. The van der Waals surface area contributed by atoms with E-state index in [-0.39, 0.29) is 0 Å². The van der Waals surface area contributed by atoms with E-state index in [9.17, 15) is 0 Å². The molecule has 1 saturated carbocycles. The van der Waals surface area contributed by atoms with Crippen LogP contribution in [0.2, 0.25) is 0 Å². The molecule has 0 N–H and O–H groups in total. The molecule has 2 heterocycles. The lowest BCUT2D eigenvalue weighted by Gasteiger charge is -2.46. The van der Waals surface area contributed by atoms with Crippen molar-refractivity contribution in [2.45, 2.75) is 55.6 Å². The molecule has 1 spiro atoms. The van der Waals surface area contributed by atoms with E-state index < -0.39 is 0 Å². The van der Waals surface area contributed by atoms with Crippen LogP contribution in [0.25, 0.3) is 0 Å². The number of ether oxygens (including phenoxy) is 1. The van der Waals surface area contributed by atoms with E-state index >= 15 is 0 Å². The SMILES string of the molecule is C[C@@H]1CC2(CCO1)C1CCCC2SS1. The molecule has 3 heteroatoms. The van der Waals surface area contributed by atoms with Gasteiger partial charge in [0.05, 0.1) is 6.10 Å². The molecule has 0 aromatic carbocycles. The maximum atomic E-state index is 5.71. The summed E-state index contributed by atoms with van der Waals surface area (Å²) >= 11 is 0. The van der Waals surface area contributed by atoms with E-state index in [1.165, 1.54) is 32.1 Å². The molecule has 0 aromatic rings. The van der Waals surface area contributed by atoms with Gasteiger partial charge in [-0.05, 0) is 32.6 Å². The zero-order valence-electron chi connectivity index (χ0n) is 8.70. The topological polar surface area (TPSA) is 9.23 Å². The van der Waals surface area contributed by atoms with Gasteiger partial charge in [0.25, 0.3) is 0 Å². The van der Waals surface area contributed by atoms with Crippen molar-refractivity contribution in [3.8, 4) is 0 Å². The van der Waals surface area contributed by atoms with Crippen LogP contribution in [0.4, 0.5) is 0 Å². The lowest BCUT2D eigenvalue weighted by Crippen LogP contribution is -2.47. The van der Waals surface area contributed by atoms with Crippen molar-refractivity contribution < 1.29 is 4.74 Å². The van der Waals surface area contributed by atoms with Gasteiger partial charge in [-0.15, -0.1) is 0 Å². The van der Waals surface area contributed by atoms with Gasteiger partial charge in [-0.3, -0.25) is 0 Å². The summed E-state index contributed by atoms with van der Waals surface area (Å²) in [4.78, 5) is 0. The van der Waals surface area contributed by atoms with Crippen LogP contribution in [0, 0.1) is 5.41 Å². The van der Waals surface area contributed by atoms with Gasteiger partial charge in [0.2, 0.25) is 0 Å². The van der Waals surface area contributed by atoms with Gasteiger partial charge in [-0.1, -0.05) is 28.0 Å². The van der Waals surface area contributed by atoms with Crippen molar-refractivity contribution in [2.24, 2.45) is 5.41 Å². The minimum atomic E-state index is 0.506. The molecular weight excluding hydrogens is 212 g/mol. The van der Waals surface area contributed by atoms with Crippen LogP contribution in [-0.2, 0) is 4.74 Å². The third-order valence-corrected chi connectivity index (χ3v) is 7.85. The van der Waals surface area contributed by atoms with Crippen LogP contribution < -0.4 is 0 Å². The van der Waals surface area contributed by atoms with E-state index in [0.29, 0.717) is 11.5 Å². The van der Waals surface area contributed by atoms with E-state index in [0.717, 1.165) is 17.1 Å². The second kappa shape index (κ2) is 3.60. The molecule has 2 bridgehead atoms. The Morgan fingerprint density at radius 3 is 2.57 bits per heavy atom. The van der Waals surface area contributed by atoms with E-state index in [2.05, 4.69) is 28.5 Å². The van der Waals surface area contributed by atoms with Crippen molar-refractivity contribution >= 4 is 21.6 Å².